The van der Waals surface area contributed by atoms with Crippen LogP contribution in [0.1, 0.15) is 11.5 Å². The molecule has 0 unspecified atom stereocenters. The summed E-state index contributed by atoms with van der Waals surface area (Å²) in [5.41, 5.74) is 0.545. The average Bonchev–Trinajstić information content (AvgIpc) is 3.15. The number of benzene rings is 2. The van der Waals surface area contributed by atoms with Crippen LogP contribution in [-0.2, 0) is 16.6 Å². The number of para-hydroxylation sites is 2. The maximum Gasteiger partial charge on any atom is 0.274 e. The molecular weight excluding hydrogens is 406 g/mol. The number of aromatic nitrogens is 4. The fraction of sp³-hybridized carbons (Fsp3) is 0.150. The zero-order chi connectivity index (χ0) is 21.3. The van der Waals surface area contributed by atoms with Gasteiger partial charge in [0.05, 0.1) is 24.2 Å². The fourth-order valence-corrected chi connectivity index (χ4v) is 4.56. The summed E-state index contributed by atoms with van der Waals surface area (Å²) in [7, 11) is -2.48. The van der Waals surface area contributed by atoms with E-state index in [1.165, 1.54) is 34.1 Å². The highest BCUT2D eigenvalue weighted by atomic mass is 32.2. The Morgan fingerprint density at radius 3 is 2.50 bits per heavy atom. The Balaban J connectivity index is 1.86. The minimum absolute atomic E-state index is 0.123. The van der Waals surface area contributed by atoms with Crippen LogP contribution in [0.3, 0.4) is 0 Å². The third-order valence-corrected chi connectivity index (χ3v) is 6.26. The number of H-pyrrole nitrogens is 1. The number of sulfonamides is 1. The summed E-state index contributed by atoms with van der Waals surface area (Å²) in [6, 6.07) is 16.3. The van der Waals surface area contributed by atoms with Gasteiger partial charge in [0.15, 0.2) is 0 Å². The lowest BCUT2D eigenvalue weighted by Crippen LogP contribution is -2.31. The molecule has 2 aromatic carbocycles. The summed E-state index contributed by atoms with van der Waals surface area (Å²) in [5.74, 6) is 0.821. The van der Waals surface area contributed by atoms with Crippen molar-refractivity contribution < 1.29 is 13.2 Å². The van der Waals surface area contributed by atoms with E-state index in [1.54, 1.807) is 49.4 Å². The van der Waals surface area contributed by atoms with Crippen molar-refractivity contribution >= 4 is 21.5 Å². The van der Waals surface area contributed by atoms with Gasteiger partial charge in [0.2, 0.25) is 0 Å². The molecule has 9 nitrogen and oxygen atoms in total. The fourth-order valence-electron chi connectivity index (χ4n) is 3.10. The molecule has 0 spiro atoms. The summed E-state index contributed by atoms with van der Waals surface area (Å²) in [6.45, 7) is 1.54. The van der Waals surface area contributed by atoms with Crippen molar-refractivity contribution in [3.05, 3.63) is 82.5 Å². The number of aryl methyl sites for hydroxylation is 1. The van der Waals surface area contributed by atoms with Gasteiger partial charge in [-0.25, -0.2) is 13.4 Å². The molecule has 4 rings (SSSR count). The Labute approximate surface area is 172 Å². The van der Waals surface area contributed by atoms with Gasteiger partial charge >= 0.3 is 0 Å². The highest BCUT2D eigenvalue weighted by molar-refractivity contribution is 7.92. The highest BCUT2D eigenvalue weighted by Crippen LogP contribution is 2.33. The van der Waals surface area contributed by atoms with Crippen LogP contribution in [0, 0.1) is 6.92 Å². The summed E-state index contributed by atoms with van der Waals surface area (Å²) < 4.78 is 34.7. The van der Waals surface area contributed by atoms with Crippen LogP contribution in [0.25, 0.3) is 5.78 Å². The van der Waals surface area contributed by atoms with E-state index in [4.69, 9.17) is 4.74 Å². The van der Waals surface area contributed by atoms with E-state index < -0.39 is 10.0 Å². The normalized spacial score (nSPS) is 11.5. The summed E-state index contributed by atoms with van der Waals surface area (Å²) in [6.07, 6.45) is 0. The second-order valence-corrected chi connectivity index (χ2v) is 8.40. The van der Waals surface area contributed by atoms with Gasteiger partial charge in [0.25, 0.3) is 21.4 Å². The summed E-state index contributed by atoms with van der Waals surface area (Å²) in [5, 5.41) is 2.84. The molecular formula is C20H19N5O4S. The van der Waals surface area contributed by atoms with Gasteiger partial charge in [0.1, 0.15) is 11.6 Å². The number of hydrogen-bond acceptors (Lipinski definition) is 6. The Bertz CT molecular complexity index is 1360. The molecule has 0 aliphatic carbocycles. The smallest absolute Gasteiger partial charge is 0.274 e. The molecule has 0 amide bonds. The Kier molecular flexibility index (Phi) is 5.00. The molecule has 10 heteroatoms. The van der Waals surface area contributed by atoms with Crippen LogP contribution in [-0.4, -0.2) is 35.1 Å². The van der Waals surface area contributed by atoms with Gasteiger partial charge in [-0.1, -0.05) is 30.3 Å². The van der Waals surface area contributed by atoms with Crippen LogP contribution in [0.4, 0.5) is 5.69 Å². The lowest BCUT2D eigenvalue weighted by atomic mass is 10.3. The van der Waals surface area contributed by atoms with E-state index in [-0.39, 0.29) is 28.6 Å². The lowest BCUT2D eigenvalue weighted by Gasteiger charge is -2.25. The first kappa shape index (κ1) is 19.6. The molecule has 4 aromatic rings. The quantitative estimate of drug-likeness (QED) is 0.507. The Morgan fingerprint density at radius 1 is 1.07 bits per heavy atom. The maximum absolute atomic E-state index is 13.5. The van der Waals surface area contributed by atoms with E-state index in [1.807, 2.05) is 0 Å². The molecule has 0 bridgehead atoms. The molecule has 0 radical (unpaired) electrons. The number of nitrogens with zero attached hydrogens (tertiary/aromatic N) is 4. The Morgan fingerprint density at radius 2 is 1.77 bits per heavy atom. The van der Waals surface area contributed by atoms with Crippen molar-refractivity contribution in [3.8, 4) is 5.75 Å². The van der Waals surface area contributed by atoms with E-state index in [0.29, 0.717) is 17.1 Å². The van der Waals surface area contributed by atoms with Crippen molar-refractivity contribution in [3.63, 3.8) is 0 Å². The molecule has 0 aliphatic rings. The standard InChI is InChI=1S/C20H19N5O4S/c1-14-12-19(26)25-20(21-14)22-18(23-25)13-24(16-10-6-7-11-17(16)29-2)30(27,28)15-8-4-3-5-9-15/h3-12H,13H2,1-2H3,(H,21,22,23). The van der Waals surface area contributed by atoms with Crippen molar-refractivity contribution in [1.29, 1.82) is 0 Å². The first-order valence-corrected chi connectivity index (χ1v) is 10.5. The molecule has 2 aromatic heterocycles. The number of ether oxygens (including phenoxy) is 1. The predicted octanol–water partition coefficient (Wildman–Crippen LogP) is 2.13. The van der Waals surface area contributed by atoms with E-state index in [2.05, 4.69) is 15.1 Å². The predicted molar refractivity (Wildman–Crippen MR) is 111 cm³/mol. The van der Waals surface area contributed by atoms with Crippen LogP contribution < -0.4 is 14.6 Å². The molecule has 2 heterocycles. The average molecular weight is 425 g/mol. The molecule has 30 heavy (non-hydrogen) atoms. The third-order valence-electron chi connectivity index (χ3n) is 4.48. The molecule has 1 N–H and O–H groups in total. The number of aromatic amines is 1. The first-order chi connectivity index (χ1) is 14.4. The zero-order valence-electron chi connectivity index (χ0n) is 16.3. The van der Waals surface area contributed by atoms with Crippen LogP contribution >= 0.6 is 0 Å². The lowest BCUT2D eigenvalue weighted by molar-refractivity contribution is 0.415. The minimum Gasteiger partial charge on any atom is -0.495 e. The summed E-state index contributed by atoms with van der Waals surface area (Å²) >= 11 is 0. The second kappa shape index (κ2) is 7.64. The summed E-state index contributed by atoms with van der Waals surface area (Å²) in [4.78, 5) is 20.8. The largest absolute Gasteiger partial charge is 0.495 e. The van der Waals surface area contributed by atoms with Crippen molar-refractivity contribution in [2.45, 2.75) is 18.4 Å². The van der Waals surface area contributed by atoms with Gasteiger partial charge in [-0.3, -0.25) is 14.2 Å². The van der Waals surface area contributed by atoms with Crippen LogP contribution in [0.5, 0.6) is 5.75 Å². The Hall–Kier alpha value is -3.66. The minimum atomic E-state index is -3.96. The van der Waals surface area contributed by atoms with Gasteiger partial charge in [0, 0.05) is 11.8 Å². The highest BCUT2D eigenvalue weighted by Gasteiger charge is 2.28. The number of hydrogen-bond donors (Lipinski definition) is 1. The first-order valence-electron chi connectivity index (χ1n) is 9.06. The second-order valence-electron chi connectivity index (χ2n) is 6.54. The number of fused-ring (bicyclic) bond motifs is 1. The molecule has 0 saturated carbocycles. The van der Waals surface area contributed by atoms with E-state index in [9.17, 15) is 13.2 Å². The number of rotatable bonds is 6. The molecule has 154 valence electrons. The van der Waals surface area contributed by atoms with Gasteiger partial charge < -0.3 is 4.74 Å². The monoisotopic (exact) mass is 425 g/mol. The van der Waals surface area contributed by atoms with Gasteiger partial charge in [-0.15, -0.1) is 0 Å². The van der Waals surface area contributed by atoms with Gasteiger partial charge in [-0.2, -0.15) is 9.50 Å². The molecule has 0 fully saturated rings. The van der Waals surface area contributed by atoms with Crippen LogP contribution in [0.15, 0.2) is 70.4 Å². The van der Waals surface area contributed by atoms with Crippen LogP contribution in [0.2, 0.25) is 0 Å². The third kappa shape index (κ3) is 3.52. The number of anilines is 1. The SMILES string of the molecule is COc1ccccc1N(Cc1nc2nc(C)cc(=O)n2[nH]1)S(=O)(=O)c1ccccc1. The molecule has 0 saturated heterocycles. The van der Waals surface area contributed by atoms with Gasteiger partial charge in [-0.05, 0) is 31.2 Å². The molecule has 0 aliphatic heterocycles. The maximum atomic E-state index is 13.5. The number of nitrogens with one attached hydrogen (secondary N) is 1. The van der Waals surface area contributed by atoms with E-state index in [0.717, 1.165) is 0 Å². The number of methoxy groups -OCH3 is 1. The zero-order valence-corrected chi connectivity index (χ0v) is 17.1. The topological polar surface area (TPSA) is 110 Å². The van der Waals surface area contributed by atoms with Crippen molar-refractivity contribution in [2.24, 2.45) is 0 Å². The molecule has 0 atom stereocenters. The van der Waals surface area contributed by atoms with E-state index >= 15 is 0 Å². The van der Waals surface area contributed by atoms with Crippen molar-refractivity contribution in [2.75, 3.05) is 11.4 Å². The van der Waals surface area contributed by atoms with Crippen molar-refractivity contribution in [1.82, 2.24) is 19.6 Å².